The number of halogens is 1. The van der Waals surface area contributed by atoms with Crippen molar-refractivity contribution in [3.8, 4) is 0 Å². The molecule has 78 valence electrons. The van der Waals surface area contributed by atoms with Gasteiger partial charge in [-0.15, -0.1) is 10.2 Å². The Hall–Kier alpha value is -1.01. The second-order valence-electron chi connectivity index (χ2n) is 2.88. The van der Waals surface area contributed by atoms with Crippen molar-refractivity contribution >= 4 is 33.4 Å². The topological polar surface area (TPSA) is 64.9 Å². The molecule has 0 radical (unpaired) electrons. The van der Waals surface area contributed by atoms with Crippen molar-refractivity contribution < 1.29 is 4.42 Å². The molecule has 0 unspecified atom stereocenters. The van der Waals surface area contributed by atoms with Crippen molar-refractivity contribution in [1.29, 1.82) is 0 Å². The highest BCUT2D eigenvalue weighted by molar-refractivity contribution is 9.10. The summed E-state index contributed by atoms with van der Waals surface area (Å²) in [5, 5.41) is 8.18. The smallest absolute Gasteiger partial charge is 0.281 e. The number of anilines is 1. The Bertz CT molecular complexity index is 486. The van der Waals surface area contributed by atoms with E-state index in [-0.39, 0.29) is 0 Å². The first kappa shape index (κ1) is 10.5. The summed E-state index contributed by atoms with van der Waals surface area (Å²) in [4.78, 5) is 0.993. The van der Waals surface area contributed by atoms with Crippen molar-refractivity contribution in [3.05, 3.63) is 28.6 Å². The molecule has 0 atom stereocenters. The van der Waals surface area contributed by atoms with Crippen LogP contribution >= 0.6 is 27.7 Å². The molecule has 0 saturated carbocycles. The molecule has 0 aliphatic carbocycles. The lowest BCUT2D eigenvalue weighted by atomic mass is 10.3. The van der Waals surface area contributed by atoms with Crippen molar-refractivity contribution in [3.63, 3.8) is 0 Å². The van der Waals surface area contributed by atoms with Crippen LogP contribution in [0.5, 0.6) is 0 Å². The second kappa shape index (κ2) is 4.24. The second-order valence-corrected chi connectivity index (χ2v) is 4.73. The van der Waals surface area contributed by atoms with Crippen LogP contribution in [0.15, 0.2) is 37.2 Å². The van der Waals surface area contributed by atoms with E-state index in [9.17, 15) is 0 Å². The molecule has 2 N–H and O–H groups in total. The monoisotopic (exact) mass is 285 g/mol. The van der Waals surface area contributed by atoms with E-state index in [1.165, 1.54) is 11.8 Å². The molecule has 15 heavy (non-hydrogen) atoms. The largest absolute Gasteiger partial charge is 0.416 e. The minimum absolute atomic E-state index is 0.526. The zero-order valence-corrected chi connectivity index (χ0v) is 10.3. The Kier molecular flexibility index (Phi) is 2.97. The van der Waals surface area contributed by atoms with Crippen LogP contribution in [0.3, 0.4) is 0 Å². The fourth-order valence-electron chi connectivity index (χ4n) is 1.01. The van der Waals surface area contributed by atoms with E-state index in [1.54, 1.807) is 6.92 Å². The predicted octanol–water partition coefficient (Wildman–Crippen LogP) is 2.87. The first-order valence-corrected chi connectivity index (χ1v) is 5.79. The van der Waals surface area contributed by atoms with Crippen LogP contribution in [0.25, 0.3) is 0 Å². The van der Waals surface area contributed by atoms with Gasteiger partial charge in [-0.25, -0.2) is 0 Å². The van der Waals surface area contributed by atoms with E-state index in [1.807, 2.05) is 18.2 Å². The summed E-state index contributed by atoms with van der Waals surface area (Å²) < 4.78 is 6.18. The van der Waals surface area contributed by atoms with E-state index in [0.717, 1.165) is 9.37 Å². The molecular weight excluding hydrogens is 278 g/mol. The van der Waals surface area contributed by atoms with Gasteiger partial charge in [-0.05, 0) is 45.9 Å². The quantitative estimate of drug-likeness (QED) is 0.860. The minimum Gasteiger partial charge on any atom is -0.416 e. The number of hydrogen-bond acceptors (Lipinski definition) is 5. The molecule has 2 aromatic rings. The summed E-state index contributed by atoms with van der Waals surface area (Å²) in [6, 6.07) is 5.57. The third-order valence-corrected chi connectivity index (χ3v) is 3.49. The number of hydrogen-bond donors (Lipinski definition) is 1. The van der Waals surface area contributed by atoms with Gasteiger partial charge in [0.05, 0.1) is 0 Å². The highest BCUT2D eigenvalue weighted by atomic mass is 79.9. The summed E-state index contributed by atoms with van der Waals surface area (Å²) >= 11 is 4.82. The normalized spacial score (nSPS) is 10.5. The Labute approximate surface area is 99.4 Å². The van der Waals surface area contributed by atoms with Gasteiger partial charge in [-0.3, -0.25) is 0 Å². The molecule has 0 saturated heterocycles. The fraction of sp³-hybridized carbons (Fsp3) is 0.111. The first-order valence-electron chi connectivity index (χ1n) is 4.18. The average molecular weight is 286 g/mol. The number of rotatable bonds is 2. The van der Waals surface area contributed by atoms with Gasteiger partial charge in [0.1, 0.15) is 0 Å². The van der Waals surface area contributed by atoms with Crippen LogP contribution in [0.4, 0.5) is 5.69 Å². The molecule has 2 rings (SSSR count). The van der Waals surface area contributed by atoms with Crippen LogP contribution in [0, 0.1) is 6.92 Å². The summed E-state index contributed by atoms with van der Waals surface area (Å²) in [5.74, 6) is 0.559. The van der Waals surface area contributed by atoms with Gasteiger partial charge < -0.3 is 10.2 Å². The third-order valence-electron chi connectivity index (χ3n) is 1.66. The minimum atomic E-state index is 0.526. The van der Waals surface area contributed by atoms with Crippen molar-refractivity contribution in [2.45, 2.75) is 17.0 Å². The maximum atomic E-state index is 5.63. The molecule has 0 aliphatic rings. The predicted molar refractivity (Wildman–Crippen MR) is 61.7 cm³/mol. The van der Waals surface area contributed by atoms with Gasteiger partial charge in [0.15, 0.2) is 0 Å². The maximum Gasteiger partial charge on any atom is 0.281 e. The maximum absolute atomic E-state index is 5.63. The molecule has 1 aromatic heterocycles. The fourth-order valence-corrected chi connectivity index (χ4v) is 2.38. The van der Waals surface area contributed by atoms with Crippen LogP contribution in [0.2, 0.25) is 0 Å². The lowest BCUT2D eigenvalue weighted by Gasteiger charge is -2.01. The first-order chi connectivity index (χ1) is 7.15. The Morgan fingerprint density at radius 1 is 1.40 bits per heavy atom. The summed E-state index contributed by atoms with van der Waals surface area (Å²) in [6.45, 7) is 1.76. The van der Waals surface area contributed by atoms with Gasteiger partial charge in [-0.2, -0.15) is 0 Å². The Balaban J connectivity index is 2.24. The lowest BCUT2D eigenvalue weighted by molar-refractivity contribution is 0.429. The number of nitrogens with zero attached hydrogens (tertiary/aromatic N) is 2. The molecule has 0 aliphatic heterocycles. The highest BCUT2D eigenvalue weighted by Gasteiger charge is 2.07. The van der Waals surface area contributed by atoms with Gasteiger partial charge >= 0.3 is 0 Å². The van der Waals surface area contributed by atoms with Gasteiger partial charge in [0.25, 0.3) is 5.22 Å². The van der Waals surface area contributed by atoms with Gasteiger partial charge in [0.2, 0.25) is 5.89 Å². The molecule has 0 spiro atoms. The third kappa shape index (κ3) is 2.51. The Morgan fingerprint density at radius 3 is 2.80 bits per heavy atom. The molecule has 0 fully saturated rings. The van der Waals surface area contributed by atoms with E-state index in [4.69, 9.17) is 10.2 Å². The van der Waals surface area contributed by atoms with Crippen molar-refractivity contribution in [2.24, 2.45) is 0 Å². The molecule has 6 heteroatoms. The van der Waals surface area contributed by atoms with Gasteiger partial charge in [0, 0.05) is 22.0 Å². The van der Waals surface area contributed by atoms with E-state index < -0.39 is 0 Å². The molecule has 4 nitrogen and oxygen atoms in total. The Morgan fingerprint density at radius 2 is 2.20 bits per heavy atom. The molecule has 0 bridgehead atoms. The average Bonchev–Trinajstić information content (AvgIpc) is 2.56. The number of nitrogen functional groups attached to an aromatic ring is 1. The lowest BCUT2D eigenvalue weighted by Crippen LogP contribution is -1.84. The highest BCUT2D eigenvalue weighted by Crippen LogP contribution is 2.33. The number of nitrogens with two attached hydrogens (primary N) is 1. The molecule has 0 amide bonds. The van der Waals surface area contributed by atoms with Crippen molar-refractivity contribution in [1.82, 2.24) is 10.2 Å². The van der Waals surface area contributed by atoms with E-state index in [2.05, 4.69) is 26.1 Å². The SMILES string of the molecule is Cc1nnc(Sc2ccc(N)cc2Br)o1. The van der Waals surface area contributed by atoms with Crippen LogP contribution in [0.1, 0.15) is 5.89 Å². The van der Waals surface area contributed by atoms with Crippen LogP contribution < -0.4 is 5.73 Å². The summed E-state index contributed by atoms with van der Waals surface area (Å²) in [5.41, 5.74) is 6.35. The van der Waals surface area contributed by atoms with Crippen LogP contribution in [-0.2, 0) is 0 Å². The van der Waals surface area contributed by atoms with Crippen LogP contribution in [-0.4, -0.2) is 10.2 Å². The number of aromatic nitrogens is 2. The summed E-state index contributed by atoms with van der Waals surface area (Å²) in [6.07, 6.45) is 0. The zero-order valence-electron chi connectivity index (χ0n) is 7.90. The van der Waals surface area contributed by atoms with E-state index >= 15 is 0 Å². The standard InChI is InChI=1S/C9H8BrN3OS/c1-5-12-13-9(14-5)15-8-3-2-6(11)4-7(8)10/h2-4H,11H2,1H3. The van der Waals surface area contributed by atoms with Gasteiger partial charge in [-0.1, -0.05) is 0 Å². The van der Waals surface area contributed by atoms with Crippen molar-refractivity contribution in [2.75, 3.05) is 5.73 Å². The molecule has 1 heterocycles. The zero-order chi connectivity index (χ0) is 10.8. The molecular formula is C9H8BrN3OS. The molecule has 1 aromatic carbocycles. The number of benzene rings is 1. The summed E-state index contributed by atoms with van der Waals surface area (Å²) in [7, 11) is 0. The van der Waals surface area contributed by atoms with E-state index in [0.29, 0.717) is 16.8 Å². The number of aryl methyl sites for hydroxylation is 1.